The van der Waals surface area contributed by atoms with Gasteiger partial charge in [0.1, 0.15) is 43.4 Å². The normalized spacial score (nSPS) is 22.3. The highest BCUT2D eigenvalue weighted by molar-refractivity contribution is 8.02. The first-order valence-electron chi connectivity index (χ1n) is 45.0. The number of fused-ring (bicyclic) bond motifs is 4. The van der Waals surface area contributed by atoms with E-state index in [1.165, 1.54) is 92.3 Å². The summed E-state index contributed by atoms with van der Waals surface area (Å²) in [6, 6.07) is 23.4. The zero-order valence-electron chi connectivity index (χ0n) is 71.6. The van der Waals surface area contributed by atoms with Crippen LogP contribution in [-0.2, 0) is 57.5 Å². The van der Waals surface area contributed by atoms with Crippen LogP contribution in [-0.4, -0.2) is 228 Å². The number of hydrogen-bond donors (Lipinski definition) is 4. The summed E-state index contributed by atoms with van der Waals surface area (Å²) < 4.78 is 10.8. The van der Waals surface area contributed by atoms with Crippen LogP contribution in [0.15, 0.2) is 92.4 Å². The van der Waals surface area contributed by atoms with Crippen molar-refractivity contribution in [2.75, 3.05) is 112 Å². The van der Waals surface area contributed by atoms with Crippen molar-refractivity contribution in [2.45, 2.75) is 284 Å². The number of para-hydroxylation sites is 1. The molecule has 4 saturated carbocycles. The van der Waals surface area contributed by atoms with Gasteiger partial charge in [-0.05, 0) is 202 Å². The van der Waals surface area contributed by atoms with E-state index < -0.39 is 21.0 Å². The number of thioether (sulfide) groups is 4. The summed E-state index contributed by atoms with van der Waals surface area (Å²) in [5, 5.41) is 9.06. The molecule has 4 saturated heterocycles. The average molecular weight is 1750 g/mol. The minimum atomic E-state index is -0.861. The Balaban J connectivity index is 0.000000140. The number of anilines is 4. The van der Waals surface area contributed by atoms with Crippen molar-refractivity contribution in [3.8, 4) is 11.5 Å². The molecular formula is C92H124N12O14S4. The van der Waals surface area contributed by atoms with Gasteiger partial charge in [-0.1, -0.05) is 95.2 Å². The Morgan fingerprint density at radius 2 is 0.615 bits per heavy atom. The lowest BCUT2D eigenvalue weighted by Gasteiger charge is -2.37. The van der Waals surface area contributed by atoms with Crippen molar-refractivity contribution >= 4 is 141 Å². The smallest absolute Gasteiger partial charge is 0.250 e. The lowest BCUT2D eigenvalue weighted by molar-refractivity contribution is -0.137. The second-order valence-electron chi connectivity index (χ2n) is 34.4. The second kappa shape index (κ2) is 44.4. The largest absolute Gasteiger partial charge is 0.497 e. The van der Waals surface area contributed by atoms with Crippen molar-refractivity contribution in [1.29, 1.82) is 0 Å². The Morgan fingerprint density at radius 1 is 0.320 bits per heavy atom. The summed E-state index contributed by atoms with van der Waals surface area (Å²) in [5.74, 6) is -1.22. The van der Waals surface area contributed by atoms with Crippen LogP contribution < -0.4 is 50.3 Å². The maximum atomic E-state index is 13.5. The van der Waals surface area contributed by atoms with Gasteiger partial charge in [0.2, 0.25) is 47.3 Å². The zero-order chi connectivity index (χ0) is 85.8. The highest BCUT2D eigenvalue weighted by atomic mass is 32.2. The predicted octanol–water partition coefficient (Wildman–Crippen LogP) is 12.5. The fourth-order valence-corrected chi connectivity index (χ4v) is 23.6. The van der Waals surface area contributed by atoms with E-state index in [2.05, 4.69) is 21.3 Å². The molecule has 0 bridgehead atoms. The van der Waals surface area contributed by atoms with Gasteiger partial charge in [-0.3, -0.25) is 62.4 Å². The lowest BCUT2D eigenvalue weighted by atomic mass is 9.95. The molecule has 30 heteroatoms. The molecule has 16 rings (SSSR count). The third-order valence-electron chi connectivity index (χ3n) is 25.3. The van der Waals surface area contributed by atoms with E-state index in [9.17, 15) is 57.5 Å². The highest BCUT2D eigenvalue weighted by Crippen LogP contribution is 2.48. The van der Waals surface area contributed by atoms with Crippen LogP contribution in [0.5, 0.6) is 11.5 Å². The number of ether oxygens (including phenoxy) is 2. The van der Waals surface area contributed by atoms with Crippen molar-refractivity contribution in [1.82, 2.24) is 40.9 Å². The lowest BCUT2D eigenvalue weighted by Crippen LogP contribution is -2.53. The number of carbonyl (C=O) groups excluding carboxylic acids is 12. The number of nitrogens with zero attached hydrogens (tertiary/aromatic N) is 8. The van der Waals surface area contributed by atoms with Crippen molar-refractivity contribution in [2.24, 2.45) is 0 Å². The van der Waals surface area contributed by atoms with Gasteiger partial charge in [-0.25, -0.2) is 0 Å². The molecule has 12 amide bonds. The van der Waals surface area contributed by atoms with Gasteiger partial charge in [0, 0.05) is 102 Å². The van der Waals surface area contributed by atoms with Gasteiger partial charge >= 0.3 is 0 Å². The van der Waals surface area contributed by atoms with E-state index in [4.69, 9.17) is 9.47 Å². The topological polar surface area (TPSA) is 297 Å². The number of piperidine rings is 4. The van der Waals surface area contributed by atoms with Gasteiger partial charge in [0.05, 0.1) is 31.3 Å². The minimum Gasteiger partial charge on any atom is -0.497 e. The van der Waals surface area contributed by atoms with Crippen molar-refractivity contribution in [3.63, 3.8) is 0 Å². The average Bonchev–Trinajstić information content (AvgIpc) is 0.802. The fraction of sp³-hybridized carbons (Fsp3) is 0.609. The van der Waals surface area contributed by atoms with Crippen LogP contribution in [0.4, 0.5) is 22.7 Å². The molecule has 8 fully saturated rings. The molecule has 4 aliphatic carbocycles. The Bertz CT molecular complexity index is 4260. The maximum absolute atomic E-state index is 13.5. The molecule has 0 aromatic heterocycles. The highest BCUT2D eigenvalue weighted by Gasteiger charge is 2.47. The molecule has 26 nitrogen and oxygen atoms in total. The first kappa shape index (κ1) is 91.2. The SMILES string of the molecule is COc1ccc2c(c1)N(CC(=O)NC1CCCCC1)C(=O)C(C(=O)N1CCCCC1)S2.COc1cccc2c1N(CC(=O)NC1CCCCC1)C(=O)C(C(=O)N1CCCCC1)S2.Cc1ccc2c(c1)SC(C(=O)N1CCCCC1)C(=O)N2CC(=O)NC1CCCCC1.Cc1ccc2c(c1)SC(C(=O)N1CCCCC1)C(=O)N2CC(=O)NC1CCCCC1. The molecule has 8 heterocycles. The van der Waals surface area contributed by atoms with Crippen LogP contribution in [0.3, 0.4) is 0 Å². The number of amides is 12. The van der Waals surface area contributed by atoms with Gasteiger partial charge in [0.15, 0.2) is 21.0 Å². The summed E-state index contributed by atoms with van der Waals surface area (Å²) in [6.07, 6.45) is 34.1. The molecular weight excluding hydrogens is 1630 g/mol. The molecule has 4 N–H and O–H groups in total. The summed E-state index contributed by atoms with van der Waals surface area (Å²) in [7, 11) is 3.12. The van der Waals surface area contributed by atoms with E-state index in [0.29, 0.717) is 75.2 Å². The van der Waals surface area contributed by atoms with Crippen molar-refractivity contribution in [3.05, 3.63) is 83.9 Å². The maximum Gasteiger partial charge on any atom is 0.250 e. The molecule has 0 spiro atoms. The molecule has 0 radical (unpaired) electrons. The zero-order valence-corrected chi connectivity index (χ0v) is 74.9. The number of carbonyl (C=O) groups is 12. The van der Waals surface area contributed by atoms with Crippen LogP contribution in [0.2, 0.25) is 0 Å². The third kappa shape index (κ3) is 23.5. The van der Waals surface area contributed by atoms with E-state index in [1.807, 2.05) is 84.3 Å². The monoisotopic (exact) mass is 1750 g/mol. The second-order valence-corrected chi connectivity index (χ2v) is 39.0. The first-order valence-corrected chi connectivity index (χ1v) is 48.5. The van der Waals surface area contributed by atoms with Crippen LogP contribution in [0.25, 0.3) is 0 Å². The van der Waals surface area contributed by atoms with Gasteiger partial charge in [-0.15, -0.1) is 47.0 Å². The van der Waals surface area contributed by atoms with Crippen LogP contribution in [0, 0.1) is 13.8 Å². The van der Waals surface area contributed by atoms with Crippen LogP contribution >= 0.6 is 47.0 Å². The van der Waals surface area contributed by atoms with E-state index >= 15 is 0 Å². The van der Waals surface area contributed by atoms with Gasteiger partial charge in [-0.2, -0.15) is 0 Å². The number of methoxy groups -OCH3 is 2. The molecule has 4 unspecified atom stereocenters. The number of rotatable bonds is 18. The molecule has 12 aliphatic rings. The summed E-state index contributed by atoms with van der Waals surface area (Å²) >= 11 is 5.22. The van der Waals surface area contributed by atoms with Crippen LogP contribution in [0.1, 0.15) is 217 Å². The molecule has 122 heavy (non-hydrogen) atoms. The minimum absolute atomic E-state index is 0.0320. The Labute approximate surface area is 735 Å². The first-order chi connectivity index (χ1) is 59.2. The number of nitrogens with one attached hydrogen (secondary N) is 4. The molecule has 660 valence electrons. The number of benzene rings is 4. The Hall–Kier alpha value is -8.48. The number of aryl methyl sites for hydroxylation is 2. The van der Waals surface area contributed by atoms with Gasteiger partial charge < -0.3 is 65.0 Å². The summed E-state index contributed by atoms with van der Waals surface area (Å²) in [6.45, 7) is 9.38. The standard InChI is InChI=1S/2C23H31N3O4S.2C23H31N3O3S/c1-30-17-11-8-12-18-20(17)26(15-19(27)24-16-9-4-2-5-10-16)23(29)21(31-18)22(28)25-13-6-3-7-14-25;1-30-17-10-11-19-18(14-17)26(15-20(27)24-16-8-4-2-5-9-16)23(29)21(31-19)22(28)25-12-6-3-7-13-25;2*1-16-10-11-18-19(14-16)30-21(22(28)25-12-6-3-7-13-25)23(29)26(18)15-20(27)24-17-8-4-2-5-9-17/h8,11-12,16,21H,2-7,9-10,13-15H2,1H3,(H,24,27);10-11,14,16,21H,2-9,12-13,15H2,1H3,(H,24,27);2*10-11,14,17,21H,2-9,12-13,15H2,1H3,(H,24,27). The molecule has 4 aromatic carbocycles. The van der Waals surface area contributed by atoms with E-state index in [-0.39, 0.29) is 121 Å². The molecule has 8 aliphatic heterocycles. The number of hydrogen-bond acceptors (Lipinski definition) is 18. The summed E-state index contributed by atoms with van der Waals surface area (Å²) in [4.78, 5) is 174. The van der Waals surface area contributed by atoms with E-state index in [0.717, 1.165) is 222 Å². The summed E-state index contributed by atoms with van der Waals surface area (Å²) in [5.41, 5.74) is 4.84. The fourth-order valence-electron chi connectivity index (χ4n) is 18.6. The van der Waals surface area contributed by atoms with Crippen molar-refractivity contribution < 1.29 is 67.0 Å². The molecule has 4 aromatic rings. The third-order valence-corrected chi connectivity index (χ3v) is 30.2. The quantitative estimate of drug-likeness (QED) is 0.0673. The predicted molar refractivity (Wildman–Crippen MR) is 478 cm³/mol. The van der Waals surface area contributed by atoms with Gasteiger partial charge in [0.25, 0.3) is 23.6 Å². The van der Waals surface area contributed by atoms with E-state index in [1.54, 1.807) is 36.2 Å². The Morgan fingerprint density at radius 3 is 0.943 bits per heavy atom. The molecule has 4 atom stereocenters. The number of likely N-dealkylation sites (tertiary alicyclic amines) is 4. The Kier molecular flexibility index (Phi) is 33.2.